The summed E-state index contributed by atoms with van der Waals surface area (Å²) in [5, 5.41) is 0. The zero-order valence-corrected chi connectivity index (χ0v) is 14.3. The Morgan fingerprint density at radius 2 is 1.79 bits per heavy atom. The van der Waals surface area contributed by atoms with Crippen LogP contribution < -0.4 is 4.74 Å². The lowest BCUT2D eigenvalue weighted by Gasteiger charge is -2.26. The molecule has 0 bridgehead atoms. The second-order valence-corrected chi connectivity index (χ2v) is 6.45. The van der Waals surface area contributed by atoms with Crippen LogP contribution in [-0.4, -0.2) is 36.1 Å². The van der Waals surface area contributed by atoms with Crippen LogP contribution in [0.4, 0.5) is 4.39 Å². The maximum atomic E-state index is 13.1. The molecule has 3 nitrogen and oxygen atoms in total. The number of pyridine rings is 1. The number of halogens is 1. The lowest BCUT2D eigenvalue weighted by atomic mass is 10.1. The van der Waals surface area contributed by atoms with Crippen molar-refractivity contribution in [3.8, 4) is 17.0 Å². The zero-order valence-electron chi connectivity index (χ0n) is 14.3. The van der Waals surface area contributed by atoms with E-state index in [1.165, 1.54) is 44.5 Å². The number of aromatic nitrogens is 1. The molecule has 128 valence electrons. The van der Waals surface area contributed by atoms with Crippen LogP contribution in [0.1, 0.15) is 31.4 Å². The minimum atomic E-state index is -0.223. The Hall–Kier alpha value is -1.94. The van der Waals surface area contributed by atoms with Gasteiger partial charge >= 0.3 is 0 Å². The first kappa shape index (κ1) is 16.9. The third-order valence-corrected chi connectivity index (χ3v) is 4.42. The Bertz CT molecular complexity index is 651. The van der Waals surface area contributed by atoms with E-state index in [0.29, 0.717) is 12.5 Å². The van der Waals surface area contributed by atoms with E-state index < -0.39 is 0 Å². The van der Waals surface area contributed by atoms with Crippen LogP contribution in [-0.2, 0) is 0 Å². The summed E-state index contributed by atoms with van der Waals surface area (Å²) < 4.78 is 18.9. The third kappa shape index (κ3) is 4.78. The van der Waals surface area contributed by atoms with E-state index in [-0.39, 0.29) is 5.82 Å². The fraction of sp³-hybridized carbons (Fsp3) is 0.450. The Morgan fingerprint density at radius 1 is 1.04 bits per heavy atom. The number of nitrogens with zero attached hydrogens (tertiary/aromatic N) is 2. The quantitative estimate of drug-likeness (QED) is 0.733. The predicted molar refractivity (Wildman–Crippen MR) is 94.8 cm³/mol. The van der Waals surface area contributed by atoms with Crippen molar-refractivity contribution in [2.45, 2.75) is 32.6 Å². The molecule has 0 radical (unpaired) electrons. The summed E-state index contributed by atoms with van der Waals surface area (Å²) >= 11 is 0. The van der Waals surface area contributed by atoms with E-state index in [0.717, 1.165) is 29.8 Å². The average molecular weight is 328 g/mol. The van der Waals surface area contributed by atoms with E-state index in [2.05, 4.69) is 9.88 Å². The van der Waals surface area contributed by atoms with Gasteiger partial charge in [-0.1, -0.05) is 18.6 Å². The maximum Gasteiger partial charge on any atom is 0.214 e. The summed E-state index contributed by atoms with van der Waals surface area (Å²) in [6, 6.07) is 10.4. The lowest BCUT2D eigenvalue weighted by Crippen LogP contribution is -2.31. The average Bonchev–Trinajstić information content (AvgIpc) is 2.60. The highest BCUT2D eigenvalue weighted by Crippen LogP contribution is 2.24. The first-order valence-corrected chi connectivity index (χ1v) is 8.80. The van der Waals surface area contributed by atoms with Gasteiger partial charge in [-0.15, -0.1) is 0 Å². The third-order valence-electron chi connectivity index (χ3n) is 4.42. The number of rotatable bonds is 6. The Labute approximate surface area is 143 Å². The van der Waals surface area contributed by atoms with Gasteiger partial charge in [0.05, 0.1) is 6.61 Å². The normalized spacial score (nSPS) is 15.4. The summed E-state index contributed by atoms with van der Waals surface area (Å²) in [5.74, 6) is 0.423. The summed E-state index contributed by atoms with van der Waals surface area (Å²) in [6.07, 6.45) is 5.02. The molecule has 1 aliphatic rings. The molecule has 1 saturated heterocycles. The monoisotopic (exact) mass is 328 g/mol. The van der Waals surface area contributed by atoms with Crippen LogP contribution in [0.15, 0.2) is 36.4 Å². The van der Waals surface area contributed by atoms with Gasteiger partial charge in [0, 0.05) is 18.3 Å². The van der Waals surface area contributed by atoms with Gasteiger partial charge < -0.3 is 9.64 Å². The SMILES string of the molecule is Cc1cc(-c2ccc(F)cc2)cc(OCCCN2CCCCC2)n1. The molecule has 1 aromatic carbocycles. The molecule has 0 spiro atoms. The highest BCUT2D eigenvalue weighted by molar-refractivity contribution is 5.64. The van der Waals surface area contributed by atoms with Gasteiger partial charge in [0.1, 0.15) is 5.82 Å². The molecule has 1 aromatic heterocycles. The van der Waals surface area contributed by atoms with Crippen molar-refractivity contribution in [2.75, 3.05) is 26.2 Å². The van der Waals surface area contributed by atoms with Crippen LogP contribution in [0.5, 0.6) is 5.88 Å². The number of aryl methyl sites for hydroxylation is 1. The van der Waals surface area contributed by atoms with Gasteiger partial charge in [-0.25, -0.2) is 9.37 Å². The molecule has 4 heteroatoms. The van der Waals surface area contributed by atoms with Crippen molar-refractivity contribution in [3.63, 3.8) is 0 Å². The lowest BCUT2D eigenvalue weighted by molar-refractivity contribution is 0.203. The van der Waals surface area contributed by atoms with E-state index in [9.17, 15) is 4.39 Å². The first-order chi connectivity index (χ1) is 11.7. The van der Waals surface area contributed by atoms with Crippen molar-refractivity contribution in [3.05, 3.63) is 47.9 Å². The molecule has 2 heterocycles. The van der Waals surface area contributed by atoms with Crippen molar-refractivity contribution < 1.29 is 9.13 Å². The first-order valence-electron chi connectivity index (χ1n) is 8.80. The molecule has 0 unspecified atom stereocenters. The smallest absolute Gasteiger partial charge is 0.214 e. The molecule has 0 aliphatic carbocycles. The number of ether oxygens (including phenoxy) is 1. The van der Waals surface area contributed by atoms with Gasteiger partial charge in [-0.05, 0) is 68.6 Å². The molecule has 0 N–H and O–H groups in total. The van der Waals surface area contributed by atoms with Crippen LogP contribution >= 0.6 is 0 Å². The fourth-order valence-electron chi connectivity index (χ4n) is 3.17. The Morgan fingerprint density at radius 3 is 2.54 bits per heavy atom. The molecule has 2 aromatic rings. The molecular weight excluding hydrogens is 303 g/mol. The van der Waals surface area contributed by atoms with Gasteiger partial charge in [0.15, 0.2) is 0 Å². The fourth-order valence-corrected chi connectivity index (χ4v) is 3.17. The van der Waals surface area contributed by atoms with E-state index in [1.54, 1.807) is 12.1 Å². The Balaban J connectivity index is 1.56. The highest BCUT2D eigenvalue weighted by atomic mass is 19.1. The molecule has 1 aliphatic heterocycles. The standard InChI is InChI=1S/C20H25FN2O/c1-16-14-18(17-6-8-19(21)9-7-17)15-20(22-16)24-13-5-12-23-10-3-2-4-11-23/h6-9,14-15H,2-5,10-13H2,1H3. The van der Waals surface area contributed by atoms with Crippen LogP contribution in [0.25, 0.3) is 11.1 Å². The molecule has 0 saturated carbocycles. The summed E-state index contributed by atoms with van der Waals surface area (Å²) in [6.45, 7) is 6.16. The number of piperidine rings is 1. The van der Waals surface area contributed by atoms with E-state index >= 15 is 0 Å². The van der Waals surface area contributed by atoms with Crippen LogP contribution in [0.3, 0.4) is 0 Å². The molecule has 24 heavy (non-hydrogen) atoms. The van der Waals surface area contributed by atoms with Crippen molar-refractivity contribution in [1.29, 1.82) is 0 Å². The summed E-state index contributed by atoms with van der Waals surface area (Å²) in [5.41, 5.74) is 2.89. The molecule has 0 atom stereocenters. The number of benzene rings is 1. The maximum absolute atomic E-state index is 13.1. The van der Waals surface area contributed by atoms with Gasteiger partial charge in [0.2, 0.25) is 5.88 Å². The molecular formula is C20H25FN2O. The van der Waals surface area contributed by atoms with Crippen molar-refractivity contribution in [1.82, 2.24) is 9.88 Å². The minimum Gasteiger partial charge on any atom is -0.478 e. The molecule has 3 rings (SSSR count). The van der Waals surface area contributed by atoms with Crippen LogP contribution in [0, 0.1) is 12.7 Å². The van der Waals surface area contributed by atoms with Crippen molar-refractivity contribution >= 4 is 0 Å². The van der Waals surface area contributed by atoms with Crippen molar-refractivity contribution in [2.24, 2.45) is 0 Å². The number of likely N-dealkylation sites (tertiary alicyclic amines) is 1. The number of hydrogen-bond donors (Lipinski definition) is 0. The van der Waals surface area contributed by atoms with Gasteiger partial charge in [-0.3, -0.25) is 0 Å². The zero-order chi connectivity index (χ0) is 16.8. The van der Waals surface area contributed by atoms with E-state index in [4.69, 9.17) is 4.74 Å². The highest BCUT2D eigenvalue weighted by Gasteiger charge is 2.09. The van der Waals surface area contributed by atoms with Crippen LogP contribution in [0.2, 0.25) is 0 Å². The second-order valence-electron chi connectivity index (χ2n) is 6.45. The van der Waals surface area contributed by atoms with Gasteiger partial charge in [-0.2, -0.15) is 0 Å². The predicted octanol–water partition coefficient (Wildman–Crippen LogP) is 4.45. The van der Waals surface area contributed by atoms with E-state index in [1.807, 2.05) is 19.1 Å². The number of hydrogen-bond acceptors (Lipinski definition) is 3. The molecule has 0 amide bonds. The molecule has 1 fully saturated rings. The Kier molecular flexibility index (Phi) is 5.81. The topological polar surface area (TPSA) is 25.4 Å². The van der Waals surface area contributed by atoms with Gasteiger partial charge in [0.25, 0.3) is 0 Å². The largest absolute Gasteiger partial charge is 0.478 e. The summed E-state index contributed by atoms with van der Waals surface area (Å²) in [4.78, 5) is 6.97. The summed E-state index contributed by atoms with van der Waals surface area (Å²) in [7, 11) is 0. The second kappa shape index (κ2) is 8.25. The minimum absolute atomic E-state index is 0.223.